The van der Waals surface area contributed by atoms with E-state index in [-0.39, 0.29) is 0 Å². The van der Waals surface area contributed by atoms with Crippen LogP contribution < -0.4 is 5.73 Å². The van der Waals surface area contributed by atoms with Gasteiger partial charge in [0.05, 0.1) is 11.4 Å². The van der Waals surface area contributed by atoms with Crippen LogP contribution in [0.15, 0.2) is 18.3 Å². The Labute approximate surface area is 112 Å². The van der Waals surface area contributed by atoms with Crippen LogP contribution in [0.2, 0.25) is 0 Å². The summed E-state index contributed by atoms with van der Waals surface area (Å²) < 4.78 is 12.4. The van der Waals surface area contributed by atoms with Gasteiger partial charge in [0.1, 0.15) is 0 Å². The first-order chi connectivity index (χ1) is 8.70. The topological polar surface area (TPSA) is 56.0 Å². The van der Waals surface area contributed by atoms with E-state index in [9.17, 15) is 4.21 Å². The molecule has 0 bridgehead atoms. The second kappa shape index (κ2) is 6.43. The molecule has 3 unspecified atom stereocenters. The van der Waals surface area contributed by atoms with Crippen molar-refractivity contribution in [3.63, 3.8) is 0 Å². The summed E-state index contributed by atoms with van der Waals surface area (Å²) in [5.74, 6) is 1.33. The predicted molar refractivity (Wildman–Crippen MR) is 75.4 cm³/mol. The van der Waals surface area contributed by atoms with Gasteiger partial charge in [0, 0.05) is 28.8 Å². The van der Waals surface area contributed by atoms with Gasteiger partial charge >= 0.3 is 0 Å². The first-order valence-electron chi connectivity index (χ1n) is 6.70. The zero-order valence-electron chi connectivity index (χ0n) is 11.0. The van der Waals surface area contributed by atoms with Crippen LogP contribution in [0.1, 0.15) is 43.9 Å². The summed E-state index contributed by atoms with van der Waals surface area (Å²) in [5.41, 5.74) is 7.60. The third-order valence-electron chi connectivity index (χ3n) is 3.74. The summed E-state index contributed by atoms with van der Waals surface area (Å²) in [5, 5.41) is 0.361. The molecule has 0 spiro atoms. The summed E-state index contributed by atoms with van der Waals surface area (Å²) in [6.45, 7) is 2.69. The molecule has 1 saturated carbocycles. The van der Waals surface area contributed by atoms with E-state index in [1.165, 1.54) is 12.8 Å². The van der Waals surface area contributed by atoms with Crippen molar-refractivity contribution in [3.05, 3.63) is 29.6 Å². The quantitative estimate of drug-likeness (QED) is 0.910. The Bertz CT molecular complexity index is 422. The molecule has 18 heavy (non-hydrogen) atoms. The van der Waals surface area contributed by atoms with Gasteiger partial charge in [-0.15, -0.1) is 0 Å². The van der Waals surface area contributed by atoms with Gasteiger partial charge in [-0.3, -0.25) is 9.19 Å². The van der Waals surface area contributed by atoms with Gasteiger partial charge in [-0.25, -0.2) is 0 Å². The van der Waals surface area contributed by atoms with E-state index >= 15 is 0 Å². The lowest BCUT2D eigenvalue weighted by molar-refractivity contribution is 0.389. The Morgan fingerprint density at radius 1 is 1.50 bits per heavy atom. The zero-order chi connectivity index (χ0) is 13.0. The van der Waals surface area contributed by atoms with Gasteiger partial charge in [-0.1, -0.05) is 25.8 Å². The van der Waals surface area contributed by atoms with E-state index in [1.807, 2.05) is 12.1 Å². The van der Waals surface area contributed by atoms with Crippen LogP contribution in [0, 0.1) is 5.92 Å². The monoisotopic (exact) mass is 266 g/mol. The SMILES string of the molecule is CC1CCCC(S(=O)Cc2cccnc2CN)C1. The zero-order valence-corrected chi connectivity index (χ0v) is 11.8. The molecule has 3 atom stereocenters. The molecule has 1 fully saturated rings. The Kier molecular flexibility index (Phi) is 4.89. The molecule has 0 radical (unpaired) electrons. The standard InChI is InChI=1S/C14H22N2OS/c1-11-4-2-6-13(8-11)18(17)10-12-5-3-7-16-14(12)9-15/h3,5,7,11,13H,2,4,6,8-10,15H2,1H3. The number of nitrogens with two attached hydrogens (primary N) is 1. The van der Waals surface area contributed by atoms with E-state index in [2.05, 4.69) is 11.9 Å². The number of aromatic nitrogens is 1. The molecule has 1 heterocycles. The lowest BCUT2D eigenvalue weighted by Gasteiger charge is -2.26. The summed E-state index contributed by atoms with van der Waals surface area (Å²) >= 11 is 0. The highest BCUT2D eigenvalue weighted by Crippen LogP contribution is 2.28. The summed E-state index contributed by atoms with van der Waals surface area (Å²) in [4.78, 5) is 4.25. The maximum atomic E-state index is 12.4. The lowest BCUT2D eigenvalue weighted by atomic mass is 9.91. The summed E-state index contributed by atoms with van der Waals surface area (Å²) in [6.07, 6.45) is 6.46. The minimum atomic E-state index is -0.786. The highest BCUT2D eigenvalue weighted by atomic mass is 32.2. The number of rotatable bonds is 4. The Hall–Kier alpha value is -0.740. The molecule has 1 aliphatic rings. The van der Waals surface area contributed by atoms with Crippen LogP contribution in [0.25, 0.3) is 0 Å². The average molecular weight is 266 g/mol. The molecule has 0 aromatic carbocycles. The van der Waals surface area contributed by atoms with Gasteiger partial charge in [0.25, 0.3) is 0 Å². The van der Waals surface area contributed by atoms with Crippen molar-refractivity contribution in [2.75, 3.05) is 0 Å². The van der Waals surface area contributed by atoms with E-state index in [0.29, 0.717) is 17.5 Å². The fourth-order valence-corrected chi connectivity index (χ4v) is 4.45. The van der Waals surface area contributed by atoms with Gasteiger partial charge < -0.3 is 5.73 Å². The molecule has 2 rings (SSSR count). The first kappa shape index (κ1) is 13.7. The van der Waals surface area contributed by atoms with Crippen molar-refractivity contribution < 1.29 is 4.21 Å². The van der Waals surface area contributed by atoms with E-state index in [4.69, 9.17) is 5.73 Å². The minimum absolute atomic E-state index is 0.361. The predicted octanol–water partition coefficient (Wildman–Crippen LogP) is 2.37. The molecule has 0 saturated heterocycles. The molecule has 0 amide bonds. The third-order valence-corrected chi connectivity index (χ3v) is 5.50. The van der Waals surface area contributed by atoms with Crippen LogP contribution in [-0.2, 0) is 23.1 Å². The third kappa shape index (κ3) is 3.39. The van der Waals surface area contributed by atoms with Gasteiger partial charge in [-0.05, 0) is 30.4 Å². The van der Waals surface area contributed by atoms with Crippen molar-refractivity contribution >= 4 is 10.8 Å². The Morgan fingerprint density at radius 3 is 3.06 bits per heavy atom. The molecule has 1 aliphatic carbocycles. The van der Waals surface area contributed by atoms with Gasteiger partial charge in [0.2, 0.25) is 0 Å². The smallest absolute Gasteiger partial charge is 0.0580 e. The fraction of sp³-hybridized carbons (Fsp3) is 0.643. The second-order valence-corrected chi connectivity index (χ2v) is 6.95. The second-order valence-electron chi connectivity index (χ2n) is 5.23. The summed E-state index contributed by atoms with van der Waals surface area (Å²) in [6, 6.07) is 3.90. The largest absolute Gasteiger partial charge is 0.325 e. The van der Waals surface area contributed by atoms with E-state index < -0.39 is 10.8 Å². The first-order valence-corrected chi connectivity index (χ1v) is 8.09. The summed E-state index contributed by atoms with van der Waals surface area (Å²) in [7, 11) is -0.786. The minimum Gasteiger partial charge on any atom is -0.325 e. The van der Waals surface area contributed by atoms with Crippen LogP contribution in [-0.4, -0.2) is 14.4 Å². The number of pyridine rings is 1. The molecule has 1 aromatic rings. The normalized spacial score (nSPS) is 25.9. The van der Waals surface area contributed by atoms with Crippen molar-refractivity contribution in [2.24, 2.45) is 11.7 Å². The Morgan fingerprint density at radius 2 is 2.33 bits per heavy atom. The highest BCUT2D eigenvalue weighted by molar-refractivity contribution is 7.84. The van der Waals surface area contributed by atoms with E-state index in [0.717, 1.165) is 30.0 Å². The molecular formula is C14H22N2OS. The van der Waals surface area contributed by atoms with Crippen molar-refractivity contribution in [1.29, 1.82) is 0 Å². The van der Waals surface area contributed by atoms with Crippen molar-refractivity contribution in [3.8, 4) is 0 Å². The Balaban J connectivity index is 2.02. The van der Waals surface area contributed by atoms with Crippen LogP contribution >= 0.6 is 0 Å². The maximum Gasteiger partial charge on any atom is 0.0580 e. The van der Waals surface area contributed by atoms with Gasteiger partial charge in [0.15, 0.2) is 0 Å². The lowest BCUT2D eigenvalue weighted by Crippen LogP contribution is -2.24. The van der Waals surface area contributed by atoms with Crippen molar-refractivity contribution in [2.45, 2.75) is 50.2 Å². The molecule has 100 valence electrons. The van der Waals surface area contributed by atoms with E-state index in [1.54, 1.807) is 6.20 Å². The average Bonchev–Trinajstić information content (AvgIpc) is 2.39. The van der Waals surface area contributed by atoms with Crippen LogP contribution in [0.5, 0.6) is 0 Å². The fourth-order valence-electron chi connectivity index (χ4n) is 2.67. The molecule has 2 N–H and O–H groups in total. The maximum absolute atomic E-state index is 12.4. The number of hydrogen-bond donors (Lipinski definition) is 1. The highest BCUT2D eigenvalue weighted by Gasteiger charge is 2.24. The molecular weight excluding hydrogens is 244 g/mol. The molecule has 0 aliphatic heterocycles. The van der Waals surface area contributed by atoms with Crippen LogP contribution in [0.4, 0.5) is 0 Å². The van der Waals surface area contributed by atoms with Crippen LogP contribution in [0.3, 0.4) is 0 Å². The number of nitrogens with zero attached hydrogens (tertiary/aromatic N) is 1. The van der Waals surface area contributed by atoms with Gasteiger partial charge in [-0.2, -0.15) is 0 Å². The number of hydrogen-bond acceptors (Lipinski definition) is 3. The molecule has 1 aromatic heterocycles. The van der Waals surface area contributed by atoms with Crippen molar-refractivity contribution in [1.82, 2.24) is 4.98 Å². The molecule has 3 nitrogen and oxygen atoms in total. The molecule has 4 heteroatoms.